The van der Waals surface area contributed by atoms with Crippen molar-refractivity contribution in [2.75, 3.05) is 13.1 Å². The van der Waals surface area contributed by atoms with Crippen LogP contribution in [0.1, 0.15) is 47.0 Å². The number of hydrogen-bond acceptors (Lipinski definition) is 3. The first-order chi connectivity index (χ1) is 6.96. The van der Waals surface area contributed by atoms with E-state index in [1.165, 1.54) is 0 Å². The Morgan fingerprint density at radius 3 is 2.13 bits per heavy atom. The first-order valence-corrected chi connectivity index (χ1v) is 5.91. The second-order valence-corrected chi connectivity index (χ2v) is 4.62. The summed E-state index contributed by atoms with van der Waals surface area (Å²) >= 11 is 0. The Morgan fingerprint density at radius 2 is 1.80 bits per heavy atom. The molecule has 0 spiro atoms. The Kier molecular flexibility index (Phi) is 6.55. The van der Waals surface area contributed by atoms with Crippen molar-refractivity contribution in [3.63, 3.8) is 0 Å². The van der Waals surface area contributed by atoms with E-state index >= 15 is 0 Å². The Balaban J connectivity index is 4.25. The molecular formula is C12H25N3. The van der Waals surface area contributed by atoms with Crippen molar-refractivity contribution in [2.24, 2.45) is 5.73 Å². The van der Waals surface area contributed by atoms with Crippen molar-refractivity contribution in [2.45, 2.75) is 58.5 Å². The van der Waals surface area contributed by atoms with Crippen molar-refractivity contribution >= 4 is 0 Å². The molecule has 0 aromatic carbocycles. The van der Waals surface area contributed by atoms with Gasteiger partial charge in [-0.05, 0) is 46.2 Å². The Labute approximate surface area is 94.2 Å². The molecule has 0 heterocycles. The highest BCUT2D eigenvalue weighted by molar-refractivity contribution is 5.02. The molecule has 0 aromatic heterocycles. The third-order valence-electron chi connectivity index (χ3n) is 2.62. The monoisotopic (exact) mass is 211 g/mol. The van der Waals surface area contributed by atoms with Gasteiger partial charge in [-0.1, -0.05) is 13.8 Å². The second kappa shape index (κ2) is 6.81. The van der Waals surface area contributed by atoms with E-state index in [4.69, 9.17) is 11.0 Å². The maximum absolute atomic E-state index is 8.89. The van der Waals surface area contributed by atoms with Gasteiger partial charge >= 0.3 is 0 Å². The molecule has 0 aromatic rings. The van der Waals surface area contributed by atoms with Crippen LogP contribution in [0.25, 0.3) is 0 Å². The summed E-state index contributed by atoms with van der Waals surface area (Å²) in [6.45, 7) is 10.5. The van der Waals surface area contributed by atoms with Gasteiger partial charge in [0.15, 0.2) is 0 Å². The Morgan fingerprint density at radius 1 is 1.33 bits per heavy atom. The predicted octanol–water partition coefficient (Wildman–Crippen LogP) is 2.13. The SMILES string of the molecule is CCCN(CCC)C(C)CC(C)(N)C#N. The molecule has 0 aliphatic heterocycles. The summed E-state index contributed by atoms with van der Waals surface area (Å²) in [6, 6.07) is 2.55. The molecule has 0 fully saturated rings. The fraction of sp³-hybridized carbons (Fsp3) is 0.917. The second-order valence-electron chi connectivity index (χ2n) is 4.62. The molecule has 3 heteroatoms. The van der Waals surface area contributed by atoms with Crippen LogP contribution in [0.5, 0.6) is 0 Å². The lowest BCUT2D eigenvalue weighted by Crippen LogP contribution is -2.44. The highest BCUT2D eigenvalue weighted by atomic mass is 15.1. The van der Waals surface area contributed by atoms with Gasteiger partial charge in [-0.25, -0.2) is 0 Å². The van der Waals surface area contributed by atoms with Crippen LogP contribution < -0.4 is 5.73 Å². The number of nitriles is 1. The first kappa shape index (κ1) is 14.4. The van der Waals surface area contributed by atoms with E-state index in [1.807, 2.05) is 0 Å². The van der Waals surface area contributed by atoms with Gasteiger partial charge in [0, 0.05) is 6.04 Å². The molecule has 0 amide bonds. The minimum absolute atomic E-state index is 0.388. The van der Waals surface area contributed by atoms with Gasteiger partial charge < -0.3 is 10.6 Å². The van der Waals surface area contributed by atoms with Crippen LogP contribution in [0.2, 0.25) is 0 Å². The molecule has 88 valence electrons. The summed E-state index contributed by atoms with van der Waals surface area (Å²) in [7, 11) is 0. The van der Waals surface area contributed by atoms with E-state index in [2.05, 4.69) is 31.7 Å². The summed E-state index contributed by atoms with van der Waals surface area (Å²) < 4.78 is 0. The van der Waals surface area contributed by atoms with Gasteiger partial charge in [-0.3, -0.25) is 0 Å². The van der Waals surface area contributed by atoms with E-state index in [9.17, 15) is 0 Å². The van der Waals surface area contributed by atoms with Crippen LogP contribution in [0.3, 0.4) is 0 Å². The Hall–Kier alpha value is -0.590. The molecule has 0 aliphatic carbocycles. The van der Waals surface area contributed by atoms with E-state index in [0.717, 1.165) is 32.4 Å². The fourth-order valence-electron chi connectivity index (χ4n) is 1.92. The minimum atomic E-state index is -0.695. The summed E-state index contributed by atoms with van der Waals surface area (Å²) in [4.78, 5) is 2.42. The number of nitrogens with zero attached hydrogens (tertiary/aromatic N) is 2. The van der Waals surface area contributed by atoms with Crippen LogP contribution in [0, 0.1) is 11.3 Å². The van der Waals surface area contributed by atoms with Gasteiger partial charge in [0.2, 0.25) is 0 Å². The summed E-state index contributed by atoms with van der Waals surface area (Å²) in [5.41, 5.74) is 5.16. The third-order valence-corrected chi connectivity index (χ3v) is 2.62. The standard InChI is InChI=1S/C12H25N3/c1-5-7-15(8-6-2)11(3)9-12(4,14)10-13/h11H,5-9,14H2,1-4H3. The van der Waals surface area contributed by atoms with E-state index < -0.39 is 5.54 Å². The molecule has 15 heavy (non-hydrogen) atoms. The quantitative estimate of drug-likeness (QED) is 0.702. The molecule has 0 rings (SSSR count). The fourth-order valence-corrected chi connectivity index (χ4v) is 1.92. The zero-order chi connectivity index (χ0) is 11.9. The maximum atomic E-state index is 8.89. The number of rotatable bonds is 7. The molecule has 2 atom stereocenters. The molecule has 0 radical (unpaired) electrons. The Bertz CT molecular complexity index is 199. The number of nitrogens with two attached hydrogens (primary N) is 1. The topological polar surface area (TPSA) is 53.0 Å². The predicted molar refractivity (Wildman–Crippen MR) is 64.4 cm³/mol. The molecule has 2 unspecified atom stereocenters. The average Bonchev–Trinajstić information content (AvgIpc) is 2.17. The van der Waals surface area contributed by atoms with E-state index in [0.29, 0.717) is 6.04 Å². The normalized spacial score (nSPS) is 17.1. The van der Waals surface area contributed by atoms with Gasteiger partial charge in [0.1, 0.15) is 5.54 Å². The van der Waals surface area contributed by atoms with Crippen LogP contribution >= 0.6 is 0 Å². The smallest absolute Gasteiger partial charge is 0.102 e. The van der Waals surface area contributed by atoms with E-state index in [-0.39, 0.29) is 0 Å². The molecule has 0 bridgehead atoms. The van der Waals surface area contributed by atoms with Crippen molar-refractivity contribution in [3.8, 4) is 6.07 Å². The molecule has 3 nitrogen and oxygen atoms in total. The van der Waals surface area contributed by atoms with Crippen LogP contribution in [-0.2, 0) is 0 Å². The lowest BCUT2D eigenvalue weighted by atomic mass is 9.95. The average molecular weight is 211 g/mol. The van der Waals surface area contributed by atoms with Crippen molar-refractivity contribution in [3.05, 3.63) is 0 Å². The largest absolute Gasteiger partial charge is 0.314 e. The summed E-state index contributed by atoms with van der Waals surface area (Å²) in [5.74, 6) is 0. The van der Waals surface area contributed by atoms with Crippen molar-refractivity contribution < 1.29 is 0 Å². The first-order valence-electron chi connectivity index (χ1n) is 5.91. The van der Waals surface area contributed by atoms with Gasteiger partial charge in [-0.2, -0.15) is 5.26 Å². The molecular weight excluding hydrogens is 186 g/mol. The lowest BCUT2D eigenvalue weighted by Gasteiger charge is -2.31. The zero-order valence-electron chi connectivity index (χ0n) is 10.6. The maximum Gasteiger partial charge on any atom is 0.102 e. The van der Waals surface area contributed by atoms with Crippen molar-refractivity contribution in [1.82, 2.24) is 4.90 Å². The highest BCUT2D eigenvalue weighted by Crippen LogP contribution is 2.13. The molecule has 2 N–H and O–H groups in total. The van der Waals surface area contributed by atoms with Gasteiger partial charge in [0.05, 0.1) is 6.07 Å². The summed E-state index contributed by atoms with van der Waals surface area (Å²) in [6.07, 6.45) is 3.04. The van der Waals surface area contributed by atoms with Gasteiger partial charge in [-0.15, -0.1) is 0 Å². The van der Waals surface area contributed by atoms with E-state index in [1.54, 1.807) is 6.92 Å². The zero-order valence-corrected chi connectivity index (χ0v) is 10.6. The molecule has 0 saturated carbocycles. The van der Waals surface area contributed by atoms with Crippen LogP contribution in [0.15, 0.2) is 0 Å². The van der Waals surface area contributed by atoms with Crippen LogP contribution in [0.4, 0.5) is 0 Å². The lowest BCUT2D eigenvalue weighted by molar-refractivity contribution is 0.185. The van der Waals surface area contributed by atoms with Gasteiger partial charge in [0.25, 0.3) is 0 Å². The highest BCUT2D eigenvalue weighted by Gasteiger charge is 2.23. The number of hydrogen-bond donors (Lipinski definition) is 1. The van der Waals surface area contributed by atoms with Crippen LogP contribution in [-0.4, -0.2) is 29.6 Å². The molecule has 0 saturated heterocycles. The molecule has 0 aliphatic rings. The van der Waals surface area contributed by atoms with Crippen molar-refractivity contribution in [1.29, 1.82) is 5.26 Å². The minimum Gasteiger partial charge on any atom is -0.314 e. The summed E-state index contributed by atoms with van der Waals surface area (Å²) in [5, 5.41) is 8.89. The third kappa shape index (κ3) is 5.76.